The number of anilines is 1. The number of nitrogens with two attached hydrogens (primary N) is 1. The molecule has 0 saturated carbocycles. The Labute approximate surface area is 132 Å². The molecule has 0 unspecified atom stereocenters. The van der Waals surface area contributed by atoms with Gasteiger partial charge in [-0.25, -0.2) is 4.39 Å². The van der Waals surface area contributed by atoms with Crippen molar-refractivity contribution in [3.05, 3.63) is 55.7 Å². The smallest absolute Gasteiger partial charge is 0.148 e. The van der Waals surface area contributed by atoms with Gasteiger partial charge in [-0.1, -0.05) is 17.7 Å². The van der Waals surface area contributed by atoms with Crippen molar-refractivity contribution >= 4 is 49.1 Å². The highest BCUT2D eigenvalue weighted by atomic mass is 79.9. The standard InChI is InChI=1S/C13H9Br2ClFNO/c14-9-4-8(18)5-10(15)13(9)19-6-7-1-2-12(17)11(16)3-7/h1-5H,6,18H2. The Morgan fingerprint density at radius 1 is 1.16 bits per heavy atom. The maximum atomic E-state index is 13.0. The Hall–Kier alpha value is -0.780. The third kappa shape index (κ3) is 3.61. The highest BCUT2D eigenvalue weighted by molar-refractivity contribution is 9.11. The first-order valence-corrected chi connectivity index (χ1v) is 7.25. The zero-order valence-corrected chi connectivity index (χ0v) is 13.5. The van der Waals surface area contributed by atoms with Gasteiger partial charge in [0, 0.05) is 5.69 Å². The van der Waals surface area contributed by atoms with Gasteiger partial charge in [-0.15, -0.1) is 0 Å². The molecule has 0 aliphatic carbocycles. The van der Waals surface area contributed by atoms with Gasteiger partial charge in [-0.2, -0.15) is 0 Å². The fourth-order valence-corrected chi connectivity index (χ4v) is 3.16. The number of hydrogen-bond acceptors (Lipinski definition) is 2. The van der Waals surface area contributed by atoms with Crippen LogP contribution in [0.25, 0.3) is 0 Å². The maximum Gasteiger partial charge on any atom is 0.148 e. The summed E-state index contributed by atoms with van der Waals surface area (Å²) < 4.78 is 20.2. The van der Waals surface area contributed by atoms with Gasteiger partial charge < -0.3 is 10.5 Å². The normalized spacial score (nSPS) is 10.5. The molecule has 0 atom stereocenters. The molecule has 100 valence electrons. The summed E-state index contributed by atoms with van der Waals surface area (Å²) in [5.74, 6) is 0.190. The molecule has 0 fully saturated rings. The molecule has 0 aliphatic rings. The van der Waals surface area contributed by atoms with Gasteiger partial charge in [0.2, 0.25) is 0 Å². The van der Waals surface area contributed by atoms with Crippen molar-refractivity contribution in [2.75, 3.05) is 5.73 Å². The van der Waals surface area contributed by atoms with Crippen molar-refractivity contribution < 1.29 is 9.13 Å². The first-order valence-electron chi connectivity index (χ1n) is 5.28. The van der Waals surface area contributed by atoms with Crippen LogP contribution in [0.1, 0.15) is 5.56 Å². The molecule has 0 aromatic heterocycles. The zero-order valence-electron chi connectivity index (χ0n) is 9.59. The Morgan fingerprint density at radius 2 is 1.79 bits per heavy atom. The largest absolute Gasteiger partial charge is 0.487 e. The SMILES string of the molecule is Nc1cc(Br)c(OCc2ccc(F)c(Cl)c2)c(Br)c1. The molecule has 2 nitrogen and oxygen atoms in total. The maximum absolute atomic E-state index is 13.0. The van der Waals surface area contributed by atoms with Gasteiger partial charge in [0.05, 0.1) is 14.0 Å². The van der Waals surface area contributed by atoms with Crippen molar-refractivity contribution in [2.24, 2.45) is 0 Å². The fourth-order valence-electron chi connectivity index (χ4n) is 1.50. The second-order valence-corrected chi connectivity index (χ2v) is 5.97. The topological polar surface area (TPSA) is 35.2 Å². The molecular weight excluding hydrogens is 400 g/mol. The molecule has 2 N–H and O–H groups in total. The van der Waals surface area contributed by atoms with Crippen LogP contribution in [-0.4, -0.2) is 0 Å². The van der Waals surface area contributed by atoms with E-state index >= 15 is 0 Å². The van der Waals surface area contributed by atoms with E-state index in [2.05, 4.69) is 31.9 Å². The number of halogens is 4. The zero-order chi connectivity index (χ0) is 14.0. The van der Waals surface area contributed by atoms with E-state index in [1.807, 2.05) is 0 Å². The molecular formula is C13H9Br2ClFNO. The van der Waals surface area contributed by atoms with Crippen molar-refractivity contribution in [1.82, 2.24) is 0 Å². The van der Waals surface area contributed by atoms with E-state index in [4.69, 9.17) is 22.1 Å². The molecule has 19 heavy (non-hydrogen) atoms. The average Bonchev–Trinajstić information content (AvgIpc) is 2.32. The van der Waals surface area contributed by atoms with E-state index in [0.29, 0.717) is 11.4 Å². The van der Waals surface area contributed by atoms with E-state index in [-0.39, 0.29) is 11.6 Å². The monoisotopic (exact) mass is 407 g/mol. The summed E-state index contributed by atoms with van der Waals surface area (Å²) in [6, 6.07) is 7.97. The van der Waals surface area contributed by atoms with Gasteiger partial charge in [-0.3, -0.25) is 0 Å². The summed E-state index contributed by atoms with van der Waals surface area (Å²) >= 11 is 12.5. The number of ether oxygens (including phenoxy) is 1. The second-order valence-electron chi connectivity index (χ2n) is 3.85. The van der Waals surface area contributed by atoms with E-state index in [1.54, 1.807) is 18.2 Å². The van der Waals surface area contributed by atoms with Crippen molar-refractivity contribution in [1.29, 1.82) is 0 Å². The molecule has 0 amide bonds. The number of rotatable bonds is 3. The van der Waals surface area contributed by atoms with Crippen molar-refractivity contribution in [2.45, 2.75) is 6.61 Å². The summed E-state index contributed by atoms with van der Waals surface area (Å²) in [4.78, 5) is 0. The lowest BCUT2D eigenvalue weighted by molar-refractivity contribution is 0.302. The molecule has 2 aromatic carbocycles. The van der Waals surface area contributed by atoms with E-state index < -0.39 is 5.82 Å². The predicted octanol–water partition coefficient (Wildman–Crippen LogP) is 5.17. The van der Waals surface area contributed by atoms with E-state index in [1.165, 1.54) is 12.1 Å². The third-order valence-electron chi connectivity index (χ3n) is 2.39. The van der Waals surface area contributed by atoms with Crippen LogP contribution in [0.4, 0.5) is 10.1 Å². The first kappa shape index (κ1) is 14.6. The summed E-state index contributed by atoms with van der Waals surface area (Å²) in [6.45, 7) is 0.279. The molecule has 2 aromatic rings. The Balaban J connectivity index is 2.16. The van der Waals surface area contributed by atoms with Crippen LogP contribution in [0, 0.1) is 5.82 Å². The van der Waals surface area contributed by atoms with Gasteiger partial charge in [0.1, 0.15) is 18.2 Å². The van der Waals surface area contributed by atoms with Crippen LogP contribution < -0.4 is 10.5 Å². The summed E-state index contributed by atoms with van der Waals surface area (Å²) in [6.07, 6.45) is 0. The predicted molar refractivity (Wildman–Crippen MR) is 82.0 cm³/mol. The molecule has 0 aliphatic heterocycles. The minimum absolute atomic E-state index is 0.0801. The minimum atomic E-state index is -0.444. The molecule has 0 heterocycles. The minimum Gasteiger partial charge on any atom is -0.487 e. The Kier molecular flexibility index (Phi) is 4.71. The Morgan fingerprint density at radius 3 is 2.37 bits per heavy atom. The average molecular weight is 409 g/mol. The quantitative estimate of drug-likeness (QED) is 0.711. The van der Waals surface area contributed by atoms with Gasteiger partial charge >= 0.3 is 0 Å². The van der Waals surface area contributed by atoms with Gasteiger partial charge in [-0.05, 0) is 61.7 Å². The number of hydrogen-bond donors (Lipinski definition) is 1. The fraction of sp³-hybridized carbons (Fsp3) is 0.0769. The molecule has 0 spiro atoms. The van der Waals surface area contributed by atoms with Crippen LogP contribution >= 0.6 is 43.5 Å². The summed E-state index contributed by atoms with van der Waals surface area (Å²) in [5, 5.41) is 0.0801. The second kappa shape index (κ2) is 6.11. The molecule has 0 saturated heterocycles. The molecule has 0 radical (unpaired) electrons. The van der Waals surface area contributed by atoms with Crippen molar-refractivity contribution in [3.8, 4) is 5.75 Å². The molecule has 0 bridgehead atoms. The lowest BCUT2D eigenvalue weighted by Crippen LogP contribution is -1.98. The van der Waals surface area contributed by atoms with Gasteiger partial charge in [0.25, 0.3) is 0 Å². The Bertz CT molecular complexity index is 599. The van der Waals surface area contributed by atoms with E-state index in [9.17, 15) is 4.39 Å². The lowest BCUT2D eigenvalue weighted by Gasteiger charge is -2.11. The lowest BCUT2D eigenvalue weighted by atomic mass is 10.2. The summed E-state index contributed by atoms with van der Waals surface area (Å²) in [5.41, 5.74) is 7.10. The summed E-state index contributed by atoms with van der Waals surface area (Å²) in [7, 11) is 0. The van der Waals surface area contributed by atoms with Crippen LogP contribution in [0.3, 0.4) is 0 Å². The van der Waals surface area contributed by atoms with E-state index in [0.717, 1.165) is 14.5 Å². The first-order chi connectivity index (χ1) is 8.97. The van der Waals surface area contributed by atoms with Crippen LogP contribution in [0.2, 0.25) is 5.02 Å². The molecule has 6 heteroatoms. The van der Waals surface area contributed by atoms with Gasteiger partial charge in [0.15, 0.2) is 0 Å². The number of benzene rings is 2. The highest BCUT2D eigenvalue weighted by Gasteiger charge is 2.09. The van der Waals surface area contributed by atoms with Crippen molar-refractivity contribution in [3.63, 3.8) is 0 Å². The highest BCUT2D eigenvalue weighted by Crippen LogP contribution is 2.36. The van der Waals surface area contributed by atoms with Crippen LogP contribution in [0.5, 0.6) is 5.75 Å². The van der Waals surface area contributed by atoms with Crippen LogP contribution in [-0.2, 0) is 6.61 Å². The number of nitrogen functional groups attached to an aromatic ring is 1. The third-order valence-corrected chi connectivity index (χ3v) is 3.86. The van der Waals surface area contributed by atoms with Crippen LogP contribution in [0.15, 0.2) is 39.3 Å². The molecule has 2 rings (SSSR count).